The number of imide groups is 1. The number of nitrogens with zero attached hydrogens (tertiary/aromatic N) is 1. The smallest absolute Gasteiger partial charge is 0.325 e. The van der Waals surface area contributed by atoms with Crippen LogP contribution in [0.4, 0.5) is 10.5 Å². The molecule has 4 amide bonds. The molecular weight excluding hydrogens is 378 g/mol. The molecule has 0 saturated carbocycles. The van der Waals surface area contributed by atoms with Crippen molar-refractivity contribution in [1.29, 1.82) is 0 Å². The van der Waals surface area contributed by atoms with Crippen LogP contribution >= 0.6 is 0 Å². The quantitative estimate of drug-likeness (QED) is 0.665. The molecule has 1 spiro atoms. The second-order valence-corrected chi connectivity index (χ2v) is 7.58. The van der Waals surface area contributed by atoms with E-state index in [1.54, 1.807) is 12.1 Å². The van der Waals surface area contributed by atoms with Gasteiger partial charge in [-0.25, -0.2) is 4.79 Å². The molecule has 1 saturated heterocycles. The zero-order chi connectivity index (χ0) is 20.9. The number of anilines is 1. The van der Waals surface area contributed by atoms with E-state index in [2.05, 4.69) is 10.6 Å². The van der Waals surface area contributed by atoms with Gasteiger partial charge in [0.2, 0.25) is 5.91 Å². The molecule has 0 radical (unpaired) electrons. The van der Waals surface area contributed by atoms with Crippen LogP contribution in [-0.4, -0.2) is 29.3 Å². The molecule has 0 aromatic heterocycles. The SMILES string of the molecule is Cc1ccc(NC(=O)CN2C(=O)NC3(C2=O)c2ccccc2-c2ccccc23)cc1. The third-order valence-electron chi connectivity index (χ3n) is 5.69. The van der Waals surface area contributed by atoms with Crippen molar-refractivity contribution in [3.05, 3.63) is 89.5 Å². The number of carbonyl (C=O) groups excluding carboxylic acids is 3. The lowest BCUT2D eigenvalue weighted by Crippen LogP contribution is -2.44. The highest BCUT2D eigenvalue weighted by atomic mass is 16.2. The second-order valence-electron chi connectivity index (χ2n) is 7.58. The topological polar surface area (TPSA) is 78.5 Å². The molecule has 2 N–H and O–H groups in total. The van der Waals surface area contributed by atoms with E-state index in [0.29, 0.717) is 5.69 Å². The molecular formula is C24H19N3O3. The van der Waals surface area contributed by atoms with Crippen molar-refractivity contribution in [3.8, 4) is 11.1 Å². The fraction of sp³-hybridized carbons (Fsp3) is 0.125. The number of nitrogens with one attached hydrogen (secondary N) is 2. The molecule has 1 heterocycles. The van der Waals surface area contributed by atoms with Gasteiger partial charge >= 0.3 is 6.03 Å². The van der Waals surface area contributed by atoms with Gasteiger partial charge in [-0.05, 0) is 41.3 Å². The highest BCUT2D eigenvalue weighted by Crippen LogP contribution is 2.49. The summed E-state index contributed by atoms with van der Waals surface area (Å²) in [4.78, 5) is 39.9. The molecule has 5 rings (SSSR count). The summed E-state index contributed by atoms with van der Waals surface area (Å²) in [6, 6.07) is 21.8. The Hall–Kier alpha value is -3.93. The van der Waals surface area contributed by atoms with E-state index in [4.69, 9.17) is 0 Å². The van der Waals surface area contributed by atoms with Crippen LogP contribution in [-0.2, 0) is 15.1 Å². The van der Waals surface area contributed by atoms with Crippen LogP contribution in [0.15, 0.2) is 72.8 Å². The summed E-state index contributed by atoms with van der Waals surface area (Å²) < 4.78 is 0. The van der Waals surface area contributed by atoms with E-state index in [1.807, 2.05) is 67.6 Å². The molecule has 1 fully saturated rings. The molecule has 0 bridgehead atoms. The maximum absolute atomic E-state index is 13.6. The Morgan fingerprint density at radius 2 is 1.47 bits per heavy atom. The van der Waals surface area contributed by atoms with Gasteiger partial charge in [-0.3, -0.25) is 14.5 Å². The minimum Gasteiger partial charge on any atom is -0.325 e. The highest BCUT2D eigenvalue weighted by Gasteiger charge is 2.58. The lowest BCUT2D eigenvalue weighted by Gasteiger charge is -2.24. The van der Waals surface area contributed by atoms with E-state index in [-0.39, 0.29) is 6.54 Å². The Morgan fingerprint density at radius 3 is 2.07 bits per heavy atom. The third-order valence-corrected chi connectivity index (χ3v) is 5.69. The molecule has 0 atom stereocenters. The van der Waals surface area contributed by atoms with Crippen molar-refractivity contribution in [2.45, 2.75) is 12.5 Å². The van der Waals surface area contributed by atoms with Gasteiger partial charge in [-0.1, -0.05) is 66.2 Å². The van der Waals surface area contributed by atoms with Crippen molar-refractivity contribution in [1.82, 2.24) is 10.2 Å². The summed E-state index contributed by atoms with van der Waals surface area (Å²) in [5, 5.41) is 5.62. The van der Waals surface area contributed by atoms with Crippen molar-refractivity contribution in [2.75, 3.05) is 11.9 Å². The number of hydrogen-bond donors (Lipinski definition) is 2. The van der Waals surface area contributed by atoms with E-state index < -0.39 is 23.4 Å². The first-order valence-electron chi connectivity index (χ1n) is 9.71. The number of urea groups is 1. The van der Waals surface area contributed by atoms with E-state index in [1.165, 1.54) is 0 Å². The maximum atomic E-state index is 13.6. The van der Waals surface area contributed by atoms with Gasteiger partial charge in [-0.15, -0.1) is 0 Å². The molecule has 3 aromatic carbocycles. The molecule has 6 nitrogen and oxygen atoms in total. The Kier molecular flexibility index (Phi) is 3.96. The van der Waals surface area contributed by atoms with Gasteiger partial charge in [0.15, 0.2) is 5.54 Å². The van der Waals surface area contributed by atoms with E-state index >= 15 is 0 Å². The van der Waals surface area contributed by atoms with Gasteiger partial charge in [0, 0.05) is 5.69 Å². The van der Waals surface area contributed by atoms with Crippen LogP contribution < -0.4 is 10.6 Å². The fourth-order valence-corrected chi connectivity index (χ4v) is 4.30. The van der Waals surface area contributed by atoms with Crippen LogP contribution in [0.2, 0.25) is 0 Å². The Balaban J connectivity index is 1.47. The van der Waals surface area contributed by atoms with Gasteiger partial charge in [0.05, 0.1) is 0 Å². The zero-order valence-electron chi connectivity index (χ0n) is 16.3. The summed E-state index contributed by atoms with van der Waals surface area (Å²) in [5.41, 5.74) is 3.66. The van der Waals surface area contributed by atoms with Crippen LogP contribution in [0.1, 0.15) is 16.7 Å². The summed E-state index contributed by atoms with van der Waals surface area (Å²) in [6.07, 6.45) is 0. The van der Waals surface area contributed by atoms with Crippen LogP contribution in [0.3, 0.4) is 0 Å². The summed E-state index contributed by atoms with van der Waals surface area (Å²) >= 11 is 0. The first-order valence-corrected chi connectivity index (χ1v) is 9.71. The van der Waals surface area contributed by atoms with Crippen molar-refractivity contribution >= 4 is 23.5 Å². The second kappa shape index (κ2) is 6.56. The molecule has 3 aromatic rings. The van der Waals surface area contributed by atoms with Crippen LogP contribution in [0.5, 0.6) is 0 Å². The van der Waals surface area contributed by atoms with Gasteiger partial charge in [-0.2, -0.15) is 0 Å². The predicted molar refractivity (Wildman–Crippen MR) is 113 cm³/mol. The van der Waals surface area contributed by atoms with E-state index in [0.717, 1.165) is 32.7 Å². The zero-order valence-corrected chi connectivity index (χ0v) is 16.3. The maximum Gasteiger partial charge on any atom is 0.326 e. The van der Waals surface area contributed by atoms with Crippen LogP contribution in [0.25, 0.3) is 11.1 Å². The normalized spacial score (nSPS) is 15.7. The highest BCUT2D eigenvalue weighted by molar-refractivity contribution is 6.15. The fourth-order valence-electron chi connectivity index (χ4n) is 4.30. The monoisotopic (exact) mass is 397 g/mol. The molecule has 30 heavy (non-hydrogen) atoms. The largest absolute Gasteiger partial charge is 0.326 e. The van der Waals surface area contributed by atoms with Gasteiger partial charge in [0.1, 0.15) is 6.54 Å². The first-order chi connectivity index (χ1) is 14.5. The lowest BCUT2D eigenvalue weighted by molar-refractivity contribution is -0.132. The average molecular weight is 397 g/mol. The molecule has 1 aliphatic carbocycles. The first kappa shape index (κ1) is 18.1. The van der Waals surface area contributed by atoms with Gasteiger partial charge in [0.25, 0.3) is 5.91 Å². The third kappa shape index (κ3) is 2.54. The van der Waals surface area contributed by atoms with Crippen LogP contribution in [0, 0.1) is 6.92 Å². The number of fused-ring (bicyclic) bond motifs is 5. The number of amides is 4. The minimum absolute atomic E-state index is 0.357. The number of hydrogen-bond acceptors (Lipinski definition) is 3. The van der Waals surface area contributed by atoms with Crippen molar-refractivity contribution in [3.63, 3.8) is 0 Å². The Labute approximate surface area is 173 Å². The molecule has 0 unspecified atom stereocenters. The Morgan fingerprint density at radius 1 is 0.900 bits per heavy atom. The van der Waals surface area contributed by atoms with E-state index in [9.17, 15) is 14.4 Å². The minimum atomic E-state index is -1.30. The lowest BCUT2D eigenvalue weighted by atomic mass is 9.87. The molecule has 2 aliphatic rings. The summed E-state index contributed by atoms with van der Waals surface area (Å²) in [6.45, 7) is 1.60. The number of aryl methyl sites for hydroxylation is 1. The Bertz CT molecular complexity index is 1150. The summed E-state index contributed by atoms with van der Waals surface area (Å²) in [7, 11) is 0. The average Bonchev–Trinajstić information content (AvgIpc) is 3.17. The summed E-state index contributed by atoms with van der Waals surface area (Å²) in [5.74, 6) is -0.872. The number of rotatable bonds is 3. The van der Waals surface area contributed by atoms with Gasteiger partial charge < -0.3 is 10.6 Å². The van der Waals surface area contributed by atoms with Crippen molar-refractivity contribution < 1.29 is 14.4 Å². The molecule has 148 valence electrons. The predicted octanol–water partition coefficient (Wildman–Crippen LogP) is 3.41. The standard InChI is InChI=1S/C24H19N3O3/c1-15-10-12-16(13-11-15)25-21(28)14-27-22(29)24(26-23(27)30)19-8-4-2-6-17(19)18-7-3-5-9-20(18)24/h2-13H,14H2,1H3,(H,25,28)(H,26,30). The molecule has 6 heteroatoms. The molecule has 1 aliphatic heterocycles. The number of benzene rings is 3. The number of carbonyl (C=O) groups is 3. The van der Waals surface area contributed by atoms with Crippen molar-refractivity contribution in [2.24, 2.45) is 0 Å².